The summed E-state index contributed by atoms with van der Waals surface area (Å²) in [6.45, 7) is 0. The average molecular weight is 239 g/mol. The molecule has 0 aliphatic carbocycles. The van der Waals surface area contributed by atoms with Crippen LogP contribution in [0.1, 0.15) is 5.56 Å². The van der Waals surface area contributed by atoms with Gasteiger partial charge in [-0.3, -0.25) is 5.84 Å². The van der Waals surface area contributed by atoms with E-state index in [0.29, 0.717) is 0 Å². The molecule has 1 rings (SSSR count). The van der Waals surface area contributed by atoms with E-state index in [0.717, 1.165) is 12.1 Å². The molecule has 0 aliphatic rings. The zero-order valence-electron chi connectivity index (χ0n) is 7.73. The molecule has 90 valence electrons. The molecule has 6 nitrogen and oxygen atoms in total. The molecular formula is C7H8F3N3O3. The van der Waals surface area contributed by atoms with Gasteiger partial charge in [0, 0.05) is 5.69 Å². The van der Waals surface area contributed by atoms with Gasteiger partial charge >= 0.3 is 6.18 Å². The number of nitrogen functional groups attached to an aromatic ring is 1. The molecular weight excluding hydrogens is 231 g/mol. The van der Waals surface area contributed by atoms with Crippen LogP contribution in [-0.4, -0.2) is 10.3 Å². The Labute approximate surface area is 87.6 Å². The molecule has 0 saturated carbocycles. The summed E-state index contributed by atoms with van der Waals surface area (Å²) < 4.78 is 36.1. The maximum Gasteiger partial charge on any atom is 0.416 e. The number of nitrogens with zero attached hydrogens (tertiary/aromatic N) is 1. The lowest BCUT2D eigenvalue weighted by molar-refractivity contribution is -0.742. The number of benzene rings is 1. The summed E-state index contributed by atoms with van der Waals surface area (Å²) in [7, 11) is 0. The average Bonchev–Trinajstić information content (AvgIpc) is 2.16. The van der Waals surface area contributed by atoms with Gasteiger partial charge in [0.1, 0.15) is 0 Å². The third-order valence-electron chi connectivity index (χ3n) is 1.36. The van der Waals surface area contributed by atoms with Crippen LogP contribution in [0.25, 0.3) is 0 Å². The van der Waals surface area contributed by atoms with E-state index in [-0.39, 0.29) is 5.69 Å². The van der Waals surface area contributed by atoms with Crippen molar-refractivity contribution in [2.75, 3.05) is 5.43 Å². The van der Waals surface area contributed by atoms with Crippen LogP contribution in [0.2, 0.25) is 0 Å². The van der Waals surface area contributed by atoms with Gasteiger partial charge in [-0.05, 0) is 18.2 Å². The highest BCUT2D eigenvalue weighted by Gasteiger charge is 2.30. The molecule has 0 heterocycles. The van der Waals surface area contributed by atoms with E-state index < -0.39 is 16.8 Å². The number of halogens is 3. The van der Waals surface area contributed by atoms with Crippen molar-refractivity contribution in [2.45, 2.75) is 6.18 Å². The van der Waals surface area contributed by atoms with Gasteiger partial charge in [-0.2, -0.15) is 13.2 Å². The van der Waals surface area contributed by atoms with E-state index in [9.17, 15) is 13.2 Å². The number of rotatable bonds is 1. The molecule has 0 saturated heterocycles. The van der Waals surface area contributed by atoms with Gasteiger partial charge in [-0.15, -0.1) is 10.1 Å². The third-order valence-corrected chi connectivity index (χ3v) is 1.36. The van der Waals surface area contributed by atoms with E-state index in [4.69, 9.17) is 21.2 Å². The van der Waals surface area contributed by atoms with Crippen LogP contribution in [0.15, 0.2) is 24.3 Å². The maximum atomic E-state index is 12.0. The predicted molar refractivity (Wildman–Crippen MR) is 48.0 cm³/mol. The Morgan fingerprint density at radius 3 is 2.31 bits per heavy atom. The van der Waals surface area contributed by atoms with Crippen molar-refractivity contribution in [2.24, 2.45) is 5.84 Å². The van der Waals surface area contributed by atoms with Crippen molar-refractivity contribution in [3.63, 3.8) is 0 Å². The molecule has 0 aliphatic heterocycles. The van der Waals surface area contributed by atoms with Crippen LogP contribution in [-0.2, 0) is 6.18 Å². The second-order valence-corrected chi connectivity index (χ2v) is 2.46. The topological polar surface area (TPSA) is 101 Å². The Balaban J connectivity index is 0.000000487. The predicted octanol–water partition coefficient (Wildman–Crippen LogP) is 1.64. The van der Waals surface area contributed by atoms with Crippen LogP contribution in [0.5, 0.6) is 0 Å². The van der Waals surface area contributed by atoms with Crippen molar-refractivity contribution in [1.29, 1.82) is 0 Å². The Morgan fingerprint density at radius 2 is 1.94 bits per heavy atom. The van der Waals surface area contributed by atoms with Crippen LogP contribution in [0, 0.1) is 10.1 Å². The fourth-order valence-electron chi connectivity index (χ4n) is 0.785. The van der Waals surface area contributed by atoms with E-state index in [2.05, 4.69) is 5.43 Å². The third kappa shape index (κ3) is 5.65. The van der Waals surface area contributed by atoms with E-state index >= 15 is 0 Å². The van der Waals surface area contributed by atoms with Crippen LogP contribution in [0.4, 0.5) is 18.9 Å². The van der Waals surface area contributed by atoms with Gasteiger partial charge in [0.25, 0.3) is 5.09 Å². The summed E-state index contributed by atoms with van der Waals surface area (Å²) in [5, 5.41) is 13.6. The lowest BCUT2D eigenvalue weighted by Crippen LogP contribution is -2.09. The van der Waals surface area contributed by atoms with E-state index in [1.807, 2.05) is 0 Å². The molecule has 4 N–H and O–H groups in total. The molecule has 0 spiro atoms. The Morgan fingerprint density at radius 1 is 1.44 bits per heavy atom. The van der Waals surface area contributed by atoms with Gasteiger partial charge in [-0.25, -0.2) is 0 Å². The molecule has 0 radical (unpaired) electrons. The van der Waals surface area contributed by atoms with Crippen LogP contribution < -0.4 is 11.3 Å². The van der Waals surface area contributed by atoms with Gasteiger partial charge in [0.05, 0.1) is 5.56 Å². The Hall–Kier alpha value is -2.03. The van der Waals surface area contributed by atoms with Crippen LogP contribution >= 0.6 is 0 Å². The smallest absolute Gasteiger partial charge is 0.328 e. The zero-order chi connectivity index (χ0) is 12.8. The molecule has 1 aromatic carbocycles. The number of anilines is 1. The molecule has 16 heavy (non-hydrogen) atoms. The minimum absolute atomic E-state index is 0.241. The highest BCUT2D eigenvalue weighted by atomic mass is 19.4. The van der Waals surface area contributed by atoms with Gasteiger partial charge in [-0.1, -0.05) is 6.07 Å². The number of hydrogen-bond acceptors (Lipinski definition) is 4. The van der Waals surface area contributed by atoms with Crippen LogP contribution in [0.3, 0.4) is 0 Å². The van der Waals surface area contributed by atoms with Gasteiger partial charge < -0.3 is 10.6 Å². The fraction of sp³-hybridized carbons (Fsp3) is 0.143. The quantitative estimate of drug-likeness (QED) is 0.393. The monoisotopic (exact) mass is 239 g/mol. The zero-order valence-corrected chi connectivity index (χ0v) is 7.73. The first-order valence-electron chi connectivity index (χ1n) is 3.74. The highest BCUT2D eigenvalue weighted by molar-refractivity contribution is 5.45. The van der Waals surface area contributed by atoms with Crippen molar-refractivity contribution in [3.05, 3.63) is 39.9 Å². The normalized spacial score (nSPS) is 10.0. The minimum atomic E-state index is -4.31. The molecule has 0 aromatic heterocycles. The number of nitrogens with one attached hydrogen (secondary N) is 1. The summed E-state index contributed by atoms with van der Waals surface area (Å²) in [5.41, 5.74) is 1.67. The number of alkyl halides is 3. The summed E-state index contributed by atoms with van der Waals surface area (Å²) >= 11 is 0. The SMILES string of the molecule is NNc1cccc(C(F)(F)F)c1.O=[N+]([O-])O. The summed E-state index contributed by atoms with van der Waals surface area (Å²) in [6, 6.07) is 4.67. The Bertz CT molecular complexity index is 352. The van der Waals surface area contributed by atoms with E-state index in [1.54, 1.807) is 0 Å². The molecule has 0 atom stereocenters. The molecule has 1 aromatic rings. The fourth-order valence-corrected chi connectivity index (χ4v) is 0.785. The van der Waals surface area contributed by atoms with Gasteiger partial charge in [0.15, 0.2) is 0 Å². The second-order valence-electron chi connectivity index (χ2n) is 2.46. The first kappa shape index (κ1) is 14.0. The first-order valence-corrected chi connectivity index (χ1v) is 3.74. The standard InChI is InChI=1S/C7H7F3N2.HNO3/c8-7(9,10)5-2-1-3-6(4-5)12-11;2-1(3)4/h1-4,12H,11H2;(H,2,3,4). The van der Waals surface area contributed by atoms with Crippen molar-refractivity contribution in [1.82, 2.24) is 0 Å². The largest absolute Gasteiger partial charge is 0.416 e. The van der Waals surface area contributed by atoms with Crippen molar-refractivity contribution >= 4 is 5.69 Å². The second kappa shape index (κ2) is 5.75. The lowest BCUT2D eigenvalue weighted by atomic mass is 10.2. The minimum Gasteiger partial charge on any atom is -0.328 e. The summed E-state index contributed by atoms with van der Waals surface area (Å²) in [4.78, 5) is 8.36. The number of hydrogen-bond donors (Lipinski definition) is 3. The van der Waals surface area contributed by atoms with E-state index in [1.165, 1.54) is 12.1 Å². The number of hydrazine groups is 1. The molecule has 0 fully saturated rings. The molecule has 0 unspecified atom stereocenters. The summed E-state index contributed by atoms with van der Waals surface area (Å²) in [5.74, 6) is 4.94. The highest BCUT2D eigenvalue weighted by Crippen LogP contribution is 2.30. The van der Waals surface area contributed by atoms with Gasteiger partial charge in [0.2, 0.25) is 0 Å². The molecule has 0 bridgehead atoms. The maximum absolute atomic E-state index is 12.0. The number of nitrogens with two attached hydrogens (primary N) is 1. The molecule has 9 heteroatoms. The molecule has 0 amide bonds. The van der Waals surface area contributed by atoms with Crippen molar-refractivity contribution in [3.8, 4) is 0 Å². The van der Waals surface area contributed by atoms with Crippen molar-refractivity contribution < 1.29 is 23.5 Å². The lowest BCUT2D eigenvalue weighted by Gasteiger charge is -2.07. The summed E-state index contributed by atoms with van der Waals surface area (Å²) in [6.07, 6.45) is -4.31. The Kier molecular flexibility index (Phi) is 5.02. The first-order chi connectivity index (χ1) is 7.27.